The van der Waals surface area contributed by atoms with Gasteiger partial charge >= 0.3 is 5.97 Å². The van der Waals surface area contributed by atoms with Gasteiger partial charge in [-0.3, -0.25) is 10.1 Å². The standard InChI is InChI=1S/C19H26N4O4S/c1-5-21(6-2)10-11-22-13(3)16(18(24)27-4)17(20-19(22)28)14-8-7-9-15(12-14)23(25)26/h7-9,12,17H,5-6,10-11H2,1-4H3,(H,20,28)/t17-/m1/s1. The highest BCUT2D eigenvalue weighted by Gasteiger charge is 2.35. The number of allylic oxidation sites excluding steroid dienone is 1. The molecule has 0 fully saturated rings. The second kappa shape index (κ2) is 9.61. The largest absolute Gasteiger partial charge is 0.466 e. The number of carbonyl (C=O) groups excluding carboxylic acids is 1. The zero-order valence-electron chi connectivity index (χ0n) is 16.6. The van der Waals surface area contributed by atoms with Gasteiger partial charge in [-0.15, -0.1) is 0 Å². The Labute approximate surface area is 170 Å². The van der Waals surface area contributed by atoms with Crippen molar-refractivity contribution in [2.24, 2.45) is 0 Å². The summed E-state index contributed by atoms with van der Waals surface area (Å²) < 4.78 is 4.99. The average molecular weight is 407 g/mol. The summed E-state index contributed by atoms with van der Waals surface area (Å²) in [6.07, 6.45) is 0. The zero-order chi connectivity index (χ0) is 20.8. The molecule has 0 aliphatic carbocycles. The lowest BCUT2D eigenvalue weighted by Gasteiger charge is -2.38. The molecule has 1 atom stereocenters. The summed E-state index contributed by atoms with van der Waals surface area (Å²) in [5.74, 6) is -0.489. The molecule has 8 nitrogen and oxygen atoms in total. The number of nitro benzene ring substituents is 1. The first-order valence-electron chi connectivity index (χ1n) is 9.17. The number of carbonyl (C=O) groups is 1. The maximum absolute atomic E-state index is 12.5. The van der Waals surface area contributed by atoms with Gasteiger partial charge in [0.1, 0.15) is 0 Å². The first kappa shape index (κ1) is 21.8. The maximum atomic E-state index is 12.5. The molecule has 152 valence electrons. The molecule has 1 N–H and O–H groups in total. The van der Waals surface area contributed by atoms with E-state index >= 15 is 0 Å². The molecule has 0 spiro atoms. The second-order valence-electron chi connectivity index (χ2n) is 6.40. The van der Waals surface area contributed by atoms with Crippen molar-refractivity contribution in [1.29, 1.82) is 0 Å². The van der Waals surface area contributed by atoms with Crippen LogP contribution in [-0.4, -0.2) is 59.1 Å². The van der Waals surface area contributed by atoms with Crippen LogP contribution in [0.2, 0.25) is 0 Å². The molecule has 0 saturated heterocycles. The molecule has 0 aromatic heterocycles. The van der Waals surface area contributed by atoms with E-state index < -0.39 is 16.9 Å². The van der Waals surface area contributed by atoms with Crippen LogP contribution in [0, 0.1) is 10.1 Å². The lowest BCUT2D eigenvalue weighted by Crippen LogP contribution is -2.49. The topological polar surface area (TPSA) is 88.0 Å². The summed E-state index contributed by atoms with van der Waals surface area (Å²) in [6.45, 7) is 9.28. The molecular formula is C19H26N4O4S. The summed E-state index contributed by atoms with van der Waals surface area (Å²) >= 11 is 5.54. The van der Waals surface area contributed by atoms with Gasteiger partial charge in [0.05, 0.1) is 23.6 Å². The Morgan fingerprint density at radius 1 is 1.39 bits per heavy atom. The van der Waals surface area contributed by atoms with Crippen molar-refractivity contribution in [2.75, 3.05) is 33.3 Å². The summed E-state index contributed by atoms with van der Waals surface area (Å²) in [5.41, 5.74) is 1.63. The number of benzene rings is 1. The quantitative estimate of drug-likeness (QED) is 0.305. The number of rotatable bonds is 8. The Morgan fingerprint density at radius 2 is 2.07 bits per heavy atom. The fourth-order valence-electron chi connectivity index (χ4n) is 3.27. The monoisotopic (exact) mass is 406 g/mol. The first-order valence-corrected chi connectivity index (χ1v) is 9.58. The number of ether oxygens (including phenoxy) is 1. The Morgan fingerprint density at radius 3 is 2.64 bits per heavy atom. The fraction of sp³-hybridized carbons (Fsp3) is 0.474. The van der Waals surface area contributed by atoms with Crippen LogP contribution in [0.3, 0.4) is 0 Å². The van der Waals surface area contributed by atoms with Gasteiger partial charge in [-0.25, -0.2) is 4.79 Å². The van der Waals surface area contributed by atoms with Crippen LogP contribution in [0.4, 0.5) is 5.69 Å². The number of methoxy groups -OCH3 is 1. The first-order chi connectivity index (χ1) is 13.3. The van der Waals surface area contributed by atoms with Gasteiger partial charge in [0.15, 0.2) is 5.11 Å². The van der Waals surface area contributed by atoms with E-state index in [4.69, 9.17) is 17.0 Å². The number of thiocarbonyl (C=S) groups is 1. The highest BCUT2D eigenvalue weighted by atomic mass is 32.1. The number of nitrogens with zero attached hydrogens (tertiary/aromatic N) is 3. The maximum Gasteiger partial charge on any atom is 0.337 e. The molecule has 1 aromatic rings. The van der Waals surface area contributed by atoms with E-state index in [0.717, 1.165) is 19.6 Å². The average Bonchev–Trinajstić information content (AvgIpc) is 2.69. The van der Waals surface area contributed by atoms with Gasteiger partial charge in [-0.05, 0) is 37.8 Å². The molecule has 1 aliphatic rings. The highest BCUT2D eigenvalue weighted by molar-refractivity contribution is 7.80. The third-order valence-electron chi connectivity index (χ3n) is 4.95. The third-order valence-corrected chi connectivity index (χ3v) is 5.29. The van der Waals surface area contributed by atoms with Crippen molar-refractivity contribution in [3.8, 4) is 0 Å². The van der Waals surface area contributed by atoms with Crippen LogP contribution in [-0.2, 0) is 9.53 Å². The summed E-state index contributed by atoms with van der Waals surface area (Å²) in [5, 5.41) is 14.8. The minimum Gasteiger partial charge on any atom is -0.466 e. The molecule has 0 bridgehead atoms. The van der Waals surface area contributed by atoms with Gasteiger partial charge in [0.2, 0.25) is 0 Å². The normalized spacial score (nSPS) is 17.0. The molecule has 1 heterocycles. The van der Waals surface area contributed by atoms with E-state index in [-0.39, 0.29) is 5.69 Å². The van der Waals surface area contributed by atoms with Crippen molar-refractivity contribution in [3.63, 3.8) is 0 Å². The fourth-order valence-corrected chi connectivity index (χ4v) is 3.62. The van der Waals surface area contributed by atoms with E-state index in [2.05, 4.69) is 24.1 Å². The minimum atomic E-state index is -0.607. The SMILES string of the molecule is CCN(CC)CCN1C(=S)N[C@H](c2cccc([N+](=O)[O-])c2)C(C(=O)OC)=C1C. The summed E-state index contributed by atoms with van der Waals surface area (Å²) in [7, 11) is 1.32. The molecule has 0 saturated carbocycles. The van der Waals surface area contributed by atoms with Crippen LogP contribution in [0.1, 0.15) is 32.4 Å². The number of hydrogen-bond donors (Lipinski definition) is 1. The number of non-ortho nitro benzene ring substituents is 1. The van der Waals surface area contributed by atoms with Crippen LogP contribution in [0.15, 0.2) is 35.5 Å². The zero-order valence-corrected chi connectivity index (χ0v) is 17.4. The van der Waals surface area contributed by atoms with Crippen LogP contribution < -0.4 is 5.32 Å². The van der Waals surface area contributed by atoms with E-state index in [1.165, 1.54) is 19.2 Å². The number of esters is 1. The molecule has 9 heteroatoms. The van der Waals surface area contributed by atoms with Gasteiger partial charge < -0.3 is 19.9 Å². The third kappa shape index (κ3) is 4.66. The molecule has 0 unspecified atom stereocenters. The number of likely N-dealkylation sites (N-methyl/N-ethyl adjacent to an activating group) is 1. The van der Waals surface area contributed by atoms with E-state index in [1.54, 1.807) is 12.1 Å². The molecule has 0 radical (unpaired) electrons. The Balaban J connectivity index is 2.43. The molecule has 1 aromatic carbocycles. The van der Waals surface area contributed by atoms with Crippen molar-refractivity contribution in [1.82, 2.24) is 15.1 Å². The lowest BCUT2D eigenvalue weighted by atomic mass is 9.94. The molecule has 28 heavy (non-hydrogen) atoms. The van der Waals surface area contributed by atoms with Crippen molar-refractivity contribution in [3.05, 3.63) is 51.2 Å². The lowest BCUT2D eigenvalue weighted by molar-refractivity contribution is -0.384. The summed E-state index contributed by atoms with van der Waals surface area (Å²) in [4.78, 5) is 27.4. The predicted octanol–water partition coefficient (Wildman–Crippen LogP) is 2.61. The molecule has 0 amide bonds. The van der Waals surface area contributed by atoms with Gasteiger partial charge in [-0.2, -0.15) is 0 Å². The van der Waals surface area contributed by atoms with Crippen molar-refractivity contribution in [2.45, 2.75) is 26.8 Å². The van der Waals surface area contributed by atoms with E-state index in [1.807, 2.05) is 11.8 Å². The van der Waals surface area contributed by atoms with Gasteiger partial charge in [0, 0.05) is 30.9 Å². The predicted molar refractivity (Wildman–Crippen MR) is 111 cm³/mol. The second-order valence-corrected chi connectivity index (χ2v) is 6.79. The van der Waals surface area contributed by atoms with Gasteiger partial charge in [0.25, 0.3) is 5.69 Å². The van der Waals surface area contributed by atoms with Crippen LogP contribution >= 0.6 is 12.2 Å². The smallest absolute Gasteiger partial charge is 0.337 e. The van der Waals surface area contributed by atoms with E-state index in [9.17, 15) is 14.9 Å². The summed E-state index contributed by atoms with van der Waals surface area (Å²) in [6, 6.07) is 5.58. The number of hydrogen-bond acceptors (Lipinski definition) is 6. The molecular weight excluding hydrogens is 380 g/mol. The van der Waals surface area contributed by atoms with Crippen molar-refractivity contribution >= 4 is 29.0 Å². The van der Waals surface area contributed by atoms with Crippen molar-refractivity contribution < 1.29 is 14.5 Å². The van der Waals surface area contributed by atoms with Crippen LogP contribution in [0.5, 0.6) is 0 Å². The highest BCUT2D eigenvalue weighted by Crippen LogP contribution is 2.32. The van der Waals surface area contributed by atoms with E-state index in [0.29, 0.717) is 28.5 Å². The Bertz CT molecular complexity index is 792. The Kier molecular flexibility index (Phi) is 7.47. The molecule has 1 aliphatic heterocycles. The minimum absolute atomic E-state index is 0.0453. The molecule has 2 rings (SSSR count). The number of nitro groups is 1. The van der Waals surface area contributed by atoms with Crippen LogP contribution in [0.25, 0.3) is 0 Å². The number of nitrogens with one attached hydrogen (secondary N) is 1. The van der Waals surface area contributed by atoms with Gasteiger partial charge in [-0.1, -0.05) is 26.0 Å². The Hall–Kier alpha value is -2.52.